The molecule has 8 nitrogen and oxygen atoms in total. The second kappa shape index (κ2) is 8.43. The summed E-state index contributed by atoms with van der Waals surface area (Å²) >= 11 is 0. The quantitative estimate of drug-likeness (QED) is 0.628. The molecule has 1 aliphatic rings. The Morgan fingerprint density at radius 3 is 2.45 bits per heavy atom. The summed E-state index contributed by atoms with van der Waals surface area (Å²) in [7, 11) is 0. The highest BCUT2D eigenvalue weighted by atomic mass is 35.5. The van der Waals surface area contributed by atoms with Crippen LogP contribution in [0, 0.1) is 0 Å². The number of aromatic hydroxyl groups is 1. The number of aryl methyl sites for hydroxylation is 1. The van der Waals surface area contributed by atoms with Crippen LogP contribution in [-0.4, -0.2) is 47.3 Å². The van der Waals surface area contributed by atoms with Crippen molar-refractivity contribution >= 4 is 12.4 Å². The number of aromatic nitrogens is 5. The molecule has 0 radical (unpaired) electrons. The van der Waals surface area contributed by atoms with Crippen molar-refractivity contribution in [3.8, 4) is 34.1 Å². The van der Waals surface area contributed by atoms with E-state index in [2.05, 4.69) is 53.3 Å². The van der Waals surface area contributed by atoms with Gasteiger partial charge in [-0.2, -0.15) is 5.10 Å². The van der Waals surface area contributed by atoms with Gasteiger partial charge in [0.15, 0.2) is 0 Å². The van der Waals surface area contributed by atoms with Gasteiger partial charge < -0.3 is 15.2 Å². The number of piperidine rings is 1. The molecule has 0 aromatic carbocycles. The molecule has 0 bridgehead atoms. The number of hydrogen-bond acceptors (Lipinski definition) is 7. The average molecular weight is 448 g/mol. The lowest BCUT2D eigenvalue weighted by Gasteiger charge is -2.46. The van der Waals surface area contributed by atoms with Gasteiger partial charge >= 0.3 is 0 Å². The fourth-order valence-electron chi connectivity index (χ4n) is 4.27. The molecule has 166 valence electrons. The highest BCUT2D eigenvalue weighted by Gasteiger charge is 2.38. The van der Waals surface area contributed by atoms with Crippen molar-refractivity contribution in [3.05, 3.63) is 36.8 Å². The van der Waals surface area contributed by atoms with Crippen molar-refractivity contribution in [2.24, 2.45) is 6.98 Å². The predicted octanol–water partition coefficient (Wildman–Crippen LogP) is 3.75. The van der Waals surface area contributed by atoms with Gasteiger partial charge in [0.2, 0.25) is 5.88 Å². The van der Waals surface area contributed by atoms with E-state index >= 15 is 0 Å². The number of pyridine rings is 1. The summed E-state index contributed by atoms with van der Waals surface area (Å²) in [6.07, 6.45) is 6.04. The molecular weight excluding hydrogens is 416 g/mol. The van der Waals surface area contributed by atoms with Crippen molar-refractivity contribution in [2.75, 3.05) is 0 Å². The summed E-state index contributed by atoms with van der Waals surface area (Å²) in [4.78, 5) is 4.30. The third-order valence-electron chi connectivity index (χ3n) is 5.11. The maximum absolute atomic E-state index is 10.5. The van der Waals surface area contributed by atoms with Gasteiger partial charge in [0.05, 0.1) is 6.20 Å². The lowest BCUT2D eigenvalue weighted by atomic mass is 9.81. The number of rotatable bonds is 4. The van der Waals surface area contributed by atoms with E-state index in [1.54, 1.807) is 12.1 Å². The topological polar surface area (TPSA) is 98.0 Å². The minimum Gasteiger partial charge on any atom is -0.506 e. The Kier molecular flexibility index (Phi) is 5.17. The molecule has 4 heterocycles. The molecule has 0 atom stereocenters. The van der Waals surface area contributed by atoms with Crippen LogP contribution < -0.4 is 10.1 Å². The van der Waals surface area contributed by atoms with Gasteiger partial charge in [0, 0.05) is 64.6 Å². The zero-order valence-electron chi connectivity index (χ0n) is 21.0. The number of hydrogen-bond donors (Lipinski definition) is 2. The summed E-state index contributed by atoms with van der Waals surface area (Å²) in [6.45, 7) is 6.26. The summed E-state index contributed by atoms with van der Waals surface area (Å²) in [5, 5.41) is 26.4. The molecule has 9 heteroatoms. The Bertz CT molecular complexity index is 1130. The second-order valence-electron chi connectivity index (χ2n) is 9.06. The zero-order valence-corrected chi connectivity index (χ0v) is 18.8. The van der Waals surface area contributed by atoms with Crippen LogP contribution in [0.25, 0.3) is 22.5 Å². The first-order valence-corrected chi connectivity index (χ1v) is 9.86. The third-order valence-corrected chi connectivity index (χ3v) is 5.11. The van der Waals surface area contributed by atoms with Crippen molar-refractivity contribution in [2.45, 2.75) is 57.7 Å². The number of nitrogens with zero attached hydrogens (tertiary/aromatic N) is 5. The first kappa shape index (κ1) is 19.0. The number of ether oxygens (including phenoxy) is 1. The Labute approximate surface area is 192 Å². The van der Waals surface area contributed by atoms with E-state index in [1.807, 2.05) is 0 Å². The lowest BCUT2D eigenvalue weighted by molar-refractivity contribution is 0.0524. The highest BCUT2D eigenvalue weighted by molar-refractivity contribution is 5.85. The fraction of sp³-hybridized carbons (Fsp3) is 0.455. The summed E-state index contributed by atoms with van der Waals surface area (Å²) in [5.74, 6) is 0.324. The molecule has 0 unspecified atom stereocenters. The van der Waals surface area contributed by atoms with Gasteiger partial charge in [0.1, 0.15) is 23.2 Å². The molecule has 0 saturated carbocycles. The van der Waals surface area contributed by atoms with E-state index < -0.39 is 6.98 Å². The van der Waals surface area contributed by atoms with E-state index in [1.165, 1.54) is 24.7 Å². The van der Waals surface area contributed by atoms with Crippen LogP contribution >= 0.6 is 12.4 Å². The van der Waals surface area contributed by atoms with E-state index in [-0.39, 0.29) is 41.0 Å². The maximum atomic E-state index is 10.5. The molecule has 3 aromatic rings. The minimum atomic E-state index is -2.37. The van der Waals surface area contributed by atoms with Crippen molar-refractivity contribution in [1.82, 2.24) is 30.3 Å². The minimum absolute atomic E-state index is 0. The van der Waals surface area contributed by atoms with Gasteiger partial charge in [-0.1, -0.05) is 0 Å². The monoisotopic (exact) mass is 447 g/mol. The molecule has 1 fully saturated rings. The molecule has 4 rings (SSSR count). The van der Waals surface area contributed by atoms with E-state index in [0.29, 0.717) is 22.7 Å². The van der Waals surface area contributed by atoms with Gasteiger partial charge in [-0.15, -0.1) is 22.6 Å². The SMILES string of the molecule is Cl.[2H]C([2H])([2H])n1cc(-c2cnc(-c3ccc(OC4CC(C)(C)NC(C)(C)C4)nn3)c(O)c2)cn1. The normalized spacial score (nSPS) is 19.5. The third kappa shape index (κ3) is 5.32. The molecule has 0 aliphatic carbocycles. The summed E-state index contributed by atoms with van der Waals surface area (Å²) in [6, 6.07) is 4.92. The van der Waals surface area contributed by atoms with Crippen molar-refractivity contribution in [3.63, 3.8) is 0 Å². The van der Waals surface area contributed by atoms with Crippen molar-refractivity contribution in [1.29, 1.82) is 0 Å². The van der Waals surface area contributed by atoms with Gasteiger partial charge in [-0.25, -0.2) is 4.98 Å². The van der Waals surface area contributed by atoms with Crippen LogP contribution in [-0.2, 0) is 6.98 Å². The molecule has 1 aliphatic heterocycles. The first-order valence-electron chi connectivity index (χ1n) is 11.4. The van der Waals surface area contributed by atoms with Crippen molar-refractivity contribution < 1.29 is 14.0 Å². The Hall–Kier alpha value is -2.71. The second-order valence-corrected chi connectivity index (χ2v) is 9.06. The Morgan fingerprint density at radius 2 is 1.87 bits per heavy atom. The largest absolute Gasteiger partial charge is 0.506 e. The average Bonchev–Trinajstić information content (AvgIpc) is 3.17. The fourth-order valence-corrected chi connectivity index (χ4v) is 4.27. The smallest absolute Gasteiger partial charge is 0.233 e. The van der Waals surface area contributed by atoms with E-state index in [0.717, 1.165) is 17.5 Å². The van der Waals surface area contributed by atoms with Gasteiger partial charge in [0.25, 0.3) is 0 Å². The number of nitrogens with one attached hydrogen (secondary N) is 1. The van der Waals surface area contributed by atoms with Gasteiger partial charge in [-0.05, 0) is 39.8 Å². The zero-order chi connectivity index (χ0) is 24.0. The van der Waals surface area contributed by atoms with Crippen LogP contribution in [0.4, 0.5) is 0 Å². The molecular formula is C22H29ClN6O2. The van der Waals surface area contributed by atoms with Crippen LogP contribution in [0.1, 0.15) is 44.6 Å². The van der Waals surface area contributed by atoms with E-state index in [4.69, 9.17) is 8.85 Å². The standard InChI is InChI=1S/C22H28N6O2.ClH/c1-21(2)9-16(10-22(3,4)27-21)30-19-7-6-17(25-26-19)20-18(29)8-14(11-23-20)15-12-24-28(5)13-15;/h6-8,11-13,16,27,29H,9-10H2,1-5H3;1H/i5D3;. The number of halogens is 1. The molecule has 1 saturated heterocycles. The Morgan fingerprint density at radius 1 is 1.13 bits per heavy atom. The van der Waals surface area contributed by atoms with E-state index in [9.17, 15) is 5.11 Å². The summed E-state index contributed by atoms with van der Waals surface area (Å²) < 4.78 is 29.2. The van der Waals surface area contributed by atoms with Crippen LogP contribution in [0.5, 0.6) is 11.6 Å². The Balaban J connectivity index is 0.00000324. The molecule has 0 spiro atoms. The van der Waals surface area contributed by atoms with Gasteiger partial charge in [-0.3, -0.25) is 4.68 Å². The van der Waals surface area contributed by atoms with Crippen LogP contribution in [0.2, 0.25) is 0 Å². The molecule has 2 N–H and O–H groups in total. The van der Waals surface area contributed by atoms with Crippen LogP contribution in [0.15, 0.2) is 36.8 Å². The molecule has 3 aromatic heterocycles. The predicted molar refractivity (Wildman–Crippen MR) is 121 cm³/mol. The maximum Gasteiger partial charge on any atom is 0.233 e. The molecule has 0 amide bonds. The highest BCUT2D eigenvalue weighted by Crippen LogP contribution is 2.32. The summed E-state index contributed by atoms with van der Waals surface area (Å²) in [5.41, 5.74) is 1.65. The van der Waals surface area contributed by atoms with Crippen LogP contribution in [0.3, 0.4) is 0 Å². The molecule has 31 heavy (non-hydrogen) atoms. The lowest BCUT2D eigenvalue weighted by Crippen LogP contribution is -2.60. The first-order chi connectivity index (χ1) is 15.3.